The molecule has 0 unspecified atom stereocenters. The maximum Gasteiger partial charge on any atom is 0.319 e. The molecule has 0 bridgehead atoms. The van der Waals surface area contributed by atoms with Crippen LogP contribution in [0.2, 0.25) is 0 Å². The van der Waals surface area contributed by atoms with E-state index in [1.807, 2.05) is 10.8 Å². The normalized spacial score (nSPS) is 12.7. The predicted molar refractivity (Wildman–Crippen MR) is 100 cm³/mol. The molecule has 7 heteroatoms. The van der Waals surface area contributed by atoms with Crippen LogP contribution in [-0.2, 0) is 6.54 Å². The molecule has 2 aromatic heterocycles. The van der Waals surface area contributed by atoms with Crippen molar-refractivity contribution >= 4 is 22.7 Å². The van der Waals surface area contributed by atoms with E-state index in [-0.39, 0.29) is 22.9 Å². The first-order chi connectivity index (χ1) is 12.3. The molecular formula is C19H22N4O3. The number of imidazole rings is 1. The number of hydrogen-bond donors (Lipinski definition) is 2. The van der Waals surface area contributed by atoms with Gasteiger partial charge in [-0.05, 0) is 23.6 Å². The molecular weight excluding hydrogens is 332 g/mol. The first kappa shape index (κ1) is 17.7. The summed E-state index contributed by atoms with van der Waals surface area (Å²) >= 11 is 0. The van der Waals surface area contributed by atoms with Crippen molar-refractivity contribution in [2.24, 2.45) is 5.41 Å². The first-order valence-corrected chi connectivity index (χ1v) is 8.38. The Hall–Kier alpha value is -3.09. The van der Waals surface area contributed by atoms with Gasteiger partial charge in [0.2, 0.25) is 0 Å². The van der Waals surface area contributed by atoms with Gasteiger partial charge in [0.05, 0.1) is 24.0 Å². The molecule has 0 aliphatic rings. The number of amides is 2. The second-order valence-corrected chi connectivity index (χ2v) is 7.27. The number of aromatic nitrogens is 2. The Morgan fingerprint density at radius 1 is 1.31 bits per heavy atom. The topological polar surface area (TPSA) is 89.2 Å². The van der Waals surface area contributed by atoms with Gasteiger partial charge in [0.25, 0.3) is 0 Å². The van der Waals surface area contributed by atoms with Crippen LogP contribution in [0.5, 0.6) is 0 Å². The molecule has 2 amide bonds. The monoisotopic (exact) mass is 354 g/mol. The average molecular weight is 354 g/mol. The summed E-state index contributed by atoms with van der Waals surface area (Å²) in [5, 5.41) is 6.22. The molecule has 0 aliphatic carbocycles. The maximum atomic E-state index is 12.5. The summed E-state index contributed by atoms with van der Waals surface area (Å²) in [5.41, 5.74) is 0.717. The summed E-state index contributed by atoms with van der Waals surface area (Å²) in [4.78, 5) is 28.4. The lowest BCUT2D eigenvalue weighted by Gasteiger charge is -2.31. The quantitative estimate of drug-likeness (QED) is 0.753. The molecule has 26 heavy (non-hydrogen) atoms. The summed E-state index contributed by atoms with van der Waals surface area (Å²) in [7, 11) is 0. The minimum absolute atomic E-state index is 0.109. The Morgan fingerprint density at radius 3 is 2.81 bits per heavy atom. The van der Waals surface area contributed by atoms with Gasteiger partial charge in [-0.2, -0.15) is 0 Å². The summed E-state index contributed by atoms with van der Waals surface area (Å²) in [6, 6.07) is 5.90. The van der Waals surface area contributed by atoms with Crippen molar-refractivity contribution < 1.29 is 9.21 Å². The van der Waals surface area contributed by atoms with E-state index in [2.05, 4.69) is 36.4 Å². The first-order valence-electron chi connectivity index (χ1n) is 8.38. The lowest BCUT2D eigenvalue weighted by molar-refractivity contribution is 0.219. The molecule has 1 atom stereocenters. The highest BCUT2D eigenvalue weighted by atomic mass is 16.3. The molecule has 0 spiro atoms. The van der Waals surface area contributed by atoms with Gasteiger partial charge < -0.3 is 19.6 Å². The molecule has 0 radical (unpaired) electrons. The molecule has 136 valence electrons. The Morgan fingerprint density at radius 2 is 2.12 bits per heavy atom. The molecule has 0 saturated carbocycles. The highest BCUT2D eigenvalue weighted by molar-refractivity contribution is 5.92. The fourth-order valence-corrected chi connectivity index (χ4v) is 2.63. The number of carbonyl (C=O) groups is 1. The van der Waals surface area contributed by atoms with Crippen LogP contribution in [0.4, 0.5) is 10.5 Å². The van der Waals surface area contributed by atoms with E-state index >= 15 is 0 Å². The summed E-state index contributed by atoms with van der Waals surface area (Å²) < 4.78 is 7.21. The second kappa shape index (κ2) is 7.03. The number of benzene rings is 1. The van der Waals surface area contributed by atoms with Gasteiger partial charge >= 0.3 is 6.03 Å². The Kier molecular flexibility index (Phi) is 4.79. The standard InChI is InChI=1S/C19H22N4O3/c1-19(2,3)17(11-23-8-7-20-12-23)22-18(25)21-13-4-5-16-14(10-13)15(24)6-9-26-16/h4-10,12,17H,11H2,1-3H3,(H2,21,22,25)/t17-/m1/s1. The van der Waals surface area contributed by atoms with Crippen LogP contribution in [0.3, 0.4) is 0 Å². The highest BCUT2D eigenvalue weighted by Crippen LogP contribution is 2.21. The van der Waals surface area contributed by atoms with Crippen molar-refractivity contribution in [3.05, 3.63) is 59.5 Å². The van der Waals surface area contributed by atoms with E-state index < -0.39 is 0 Å². The van der Waals surface area contributed by atoms with Crippen LogP contribution in [0.1, 0.15) is 20.8 Å². The zero-order valence-electron chi connectivity index (χ0n) is 15.0. The summed E-state index contributed by atoms with van der Waals surface area (Å²) in [6.07, 6.45) is 6.65. The SMILES string of the molecule is CC(C)(C)[C@@H](Cn1ccnc1)NC(=O)Nc1ccc2occc(=O)c2c1. The van der Waals surface area contributed by atoms with Gasteiger partial charge in [-0.25, -0.2) is 9.78 Å². The van der Waals surface area contributed by atoms with Crippen molar-refractivity contribution in [1.29, 1.82) is 0 Å². The fraction of sp³-hybridized carbons (Fsp3) is 0.316. The summed E-state index contributed by atoms with van der Waals surface area (Å²) in [5.74, 6) is 0. The number of hydrogen-bond acceptors (Lipinski definition) is 4. The van der Waals surface area contributed by atoms with Crippen LogP contribution in [0, 0.1) is 5.41 Å². The minimum atomic E-state index is -0.329. The molecule has 2 N–H and O–H groups in total. The number of anilines is 1. The fourth-order valence-electron chi connectivity index (χ4n) is 2.63. The zero-order chi connectivity index (χ0) is 18.7. The third-order valence-electron chi connectivity index (χ3n) is 4.22. The Bertz CT molecular complexity index is 955. The smallest absolute Gasteiger partial charge is 0.319 e. The molecule has 1 aromatic carbocycles. The highest BCUT2D eigenvalue weighted by Gasteiger charge is 2.26. The number of nitrogens with zero attached hydrogens (tertiary/aromatic N) is 2. The van der Waals surface area contributed by atoms with Gasteiger partial charge in [0.1, 0.15) is 5.58 Å². The van der Waals surface area contributed by atoms with Gasteiger partial charge in [-0.1, -0.05) is 20.8 Å². The largest absolute Gasteiger partial charge is 0.464 e. The van der Waals surface area contributed by atoms with Crippen molar-refractivity contribution in [3.8, 4) is 0 Å². The number of rotatable bonds is 4. The average Bonchev–Trinajstić information content (AvgIpc) is 3.07. The minimum Gasteiger partial charge on any atom is -0.464 e. The molecule has 0 saturated heterocycles. The van der Waals surface area contributed by atoms with Crippen LogP contribution in [0.25, 0.3) is 11.0 Å². The van der Waals surface area contributed by atoms with E-state index in [0.29, 0.717) is 23.2 Å². The maximum absolute atomic E-state index is 12.5. The second-order valence-electron chi connectivity index (χ2n) is 7.27. The van der Waals surface area contributed by atoms with Gasteiger partial charge in [-0.3, -0.25) is 4.79 Å². The lowest BCUT2D eigenvalue weighted by atomic mass is 9.86. The van der Waals surface area contributed by atoms with Gasteiger partial charge in [-0.15, -0.1) is 0 Å². The van der Waals surface area contributed by atoms with Crippen LogP contribution in [-0.4, -0.2) is 21.6 Å². The van der Waals surface area contributed by atoms with E-state index in [1.54, 1.807) is 30.7 Å². The van der Waals surface area contributed by atoms with Crippen molar-refractivity contribution in [2.45, 2.75) is 33.4 Å². The van der Waals surface area contributed by atoms with Crippen molar-refractivity contribution in [1.82, 2.24) is 14.9 Å². The lowest BCUT2D eigenvalue weighted by Crippen LogP contribution is -2.47. The van der Waals surface area contributed by atoms with E-state index in [4.69, 9.17) is 4.42 Å². The van der Waals surface area contributed by atoms with Crippen LogP contribution < -0.4 is 16.1 Å². The predicted octanol–water partition coefficient (Wildman–Crippen LogP) is 3.23. The molecule has 7 nitrogen and oxygen atoms in total. The number of urea groups is 1. The molecule has 0 fully saturated rings. The van der Waals surface area contributed by atoms with E-state index in [1.165, 1.54) is 12.3 Å². The zero-order valence-corrected chi connectivity index (χ0v) is 15.0. The molecule has 3 rings (SSSR count). The molecule has 3 aromatic rings. The molecule has 2 heterocycles. The van der Waals surface area contributed by atoms with Gasteiger partial charge in [0.15, 0.2) is 5.43 Å². The van der Waals surface area contributed by atoms with E-state index in [0.717, 1.165) is 0 Å². The van der Waals surface area contributed by atoms with Gasteiger partial charge in [0, 0.05) is 30.7 Å². The van der Waals surface area contributed by atoms with E-state index in [9.17, 15) is 9.59 Å². The Balaban J connectivity index is 1.74. The third-order valence-corrected chi connectivity index (χ3v) is 4.22. The summed E-state index contributed by atoms with van der Waals surface area (Å²) in [6.45, 7) is 6.81. The van der Waals surface area contributed by atoms with Crippen molar-refractivity contribution in [3.63, 3.8) is 0 Å². The number of carbonyl (C=O) groups excluding carboxylic acids is 1. The van der Waals surface area contributed by atoms with Crippen LogP contribution >= 0.6 is 0 Å². The number of nitrogens with one attached hydrogen (secondary N) is 2. The third kappa shape index (κ3) is 4.11. The number of fused-ring (bicyclic) bond motifs is 1. The molecule has 0 aliphatic heterocycles. The Labute approximate surface area is 151 Å². The van der Waals surface area contributed by atoms with Crippen molar-refractivity contribution in [2.75, 3.05) is 5.32 Å². The van der Waals surface area contributed by atoms with Crippen LogP contribution in [0.15, 0.2) is 58.5 Å².